The van der Waals surface area contributed by atoms with Crippen molar-refractivity contribution in [1.29, 1.82) is 0 Å². The second-order valence-electron chi connectivity index (χ2n) is 8.44. The summed E-state index contributed by atoms with van der Waals surface area (Å²) in [5.74, 6) is 0.714. The second-order valence-corrected chi connectivity index (χ2v) is 11.6. The maximum absolute atomic E-state index is 12.1. The number of halogens is 3. The molecule has 0 atom stereocenters. The Balaban J connectivity index is 1.83. The quantitative estimate of drug-likeness (QED) is 0.304. The van der Waals surface area contributed by atoms with Crippen LogP contribution in [0.4, 0.5) is 5.69 Å². The third-order valence-electron chi connectivity index (χ3n) is 5.60. The lowest BCUT2D eigenvalue weighted by Crippen LogP contribution is -2.31. The number of oxazole rings is 1. The third-order valence-corrected chi connectivity index (χ3v) is 7.38. The molecule has 0 N–H and O–H groups in total. The van der Waals surface area contributed by atoms with Crippen LogP contribution in [0.2, 0.25) is 10.0 Å². The molecule has 3 rings (SSSR count). The maximum Gasteiger partial charge on any atom is 0.223 e. The Morgan fingerprint density at radius 3 is 2.23 bits per heavy atom. The molecule has 0 radical (unpaired) electrons. The number of sulfone groups is 1. The zero-order chi connectivity index (χ0) is 26.0. The van der Waals surface area contributed by atoms with E-state index in [1.54, 1.807) is 24.3 Å². The van der Waals surface area contributed by atoms with Crippen LogP contribution < -0.4 is 9.64 Å². The van der Waals surface area contributed by atoms with E-state index in [4.69, 9.17) is 44.0 Å². The summed E-state index contributed by atoms with van der Waals surface area (Å²) in [6.07, 6.45) is 2.14. The van der Waals surface area contributed by atoms with Crippen LogP contribution in [0.3, 0.4) is 0 Å². The van der Waals surface area contributed by atoms with Gasteiger partial charge in [-0.15, -0.1) is 11.6 Å². The molecule has 0 aliphatic rings. The average molecular weight is 560 g/mol. The lowest BCUT2D eigenvalue weighted by Gasteiger charge is -2.29. The summed E-state index contributed by atoms with van der Waals surface area (Å²) in [6.45, 7) is 5.70. The Labute approximate surface area is 219 Å². The first-order valence-electron chi connectivity index (χ1n) is 10.6. The first kappa shape index (κ1) is 27.3. The minimum absolute atomic E-state index is 0.0766. The van der Waals surface area contributed by atoms with Crippen molar-refractivity contribution in [1.82, 2.24) is 4.98 Å². The molecule has 0 unspecified atom stereocenters. The van der Waals surface area contributed by atoms with E-state index in [2.05, 4.69) is 4.98 Å². The van der Waals surface area contributed by atoms with Crippen LogP contribution in [-0.4, -0.2) is 38.0 Å². The van der Waals surface area contributed by atoms with Gasteiger partial charge in [0.05, 0.1) is 15.7 Å². The van der Waals surface area contributed by atoms with Crippen molar-refractivity contribution in [2.24, 2.45) is 0 Å². The van der Waals surface area contributed by atoms with Crippen molar-refractivity contribution < 1.29 is 22.4 Å². The Bertz CT molecular complexity index is 1300. The number of alkyl halides is 1. The highest BCUT2D eigenvalue weighted by molar-refractivity contribution is 7.90. The minimum atomic E-state index is -3.51. The number of amides is 1. The fourth-order valence-electron chi connectivity index (χ4n) is 3.64. The van der Waals surface area contributed by atoms with Crippen LogP contribution in [0.1, 0.15) is 37.7 Å². The Morgan fingerprint density at radius 2 is 1.71 bits per heavy atom. The molecule has 1 heterocycles. The minimum Gasteiger partial charge on any atom is -0.486 e. The van der Waals surface area contributed by atoms with Gasteiger partial charge >= 0.3 is 0 Å². The predicted octanol–water partition coefficient (Wildman–Crippen LogP) is 5.88. The van der Waals surface area contributed by atoms with Gasteiger partial charge in [-0.1, -0.05) is 49.2 Å². The second kappa shape index (κ2) is 10.8. The fraction of sp³-hybridized carbons (Fsp3) is 0.333. The summed E-state index contributed by atoms with van der Waals surface area (Å²) < 4.78 is 34.4. The maximum atomic E-state index is 12.1. The summed E-state index contributed by atoms with van der Waals surface area (Å²) in [4.78, 5) is 17.3. The number of carbonyl (C=O) groups is 1. The van der Waals surface area contributed by atoms with Crippen molar-refractivity contribution in [3.8, 4) is 5.75 Å². The van der Waals surface area contributed by atoms with Gasteiger partial charge in [-0.05, 0) is 35.4 Å². The van der Waals surface area contributed by atoms with E-state index in [-0.39, 0.29) is 29.2 Å². The molecule has 1 amide bonds. The largest absolute Gasteiger partial charge is 0.486 e. The van der Waals surface area contributed by atoms with E-state index in [0.717, 1.165) is 23.8 Å². The SMILES string of the molecule is CC(=O)N(CCCl)c1c(Cl)cc(C(C)(C)c2ccc(OCc3ocnc3S(C)(=O)=O)cc2)cc1Cl. The van der Waals surface area contributed by atoms with Gasteiger partial charge in [0.1, 0.15) is 12.4 Å². The average Bonchev–Trinajstić information content (AvgIpc) is 3.26. The fourth-order valence-corrected chi connectivity index (χ4v) is 5.25. The topological polar surface area (TPSA) is 89.7 Å². The van der Waals surface area contributed by atoms with Crippen LogP contribution in [0.25, 0.3) is 0 Å². The number of rotatable bonds is 9. The Morgan fingerprint density at radius 1 is 1.11 bits per heavy atom. The monoisotopic (exact) mass is 558 g/mol. The zero-order valence-electron chi connectivity index (χ0n) is 19.6. The number of aromatic nitrogens is 1. The van der Waals surface area contributed by atoms with Gasteiger partial charge in [-0.2, -0.15) is 0 Å². The van der Waals surface area contributed by atoms with E-state index in [1.807, 2.05) is 26.0 Å². The van der Waals surface area contributed by atoms with Gasteiger partial charge < -0.3 is 14.1 Å². The summed E-state index contributed by atoms with van der Waals surface area (Å²) >= 11 is 19.0. The first-order valence-corrected chi connectivity index (χ1v) is 13.7. The van der Waals surface area contributed by atoms with E-state index in [1.165, 1.54) is 11.8 Å². The van der Waals surface area contributed by atoms with Crippen LogP contribution >= 0.6 is 34.8 Å². The van der Waals surface area contributed by atoms with Crippen molar-refractivity contribution in [2.75, 3.05) is 23.6 Å². The van der Waals surface area contributed by atoms with Crippen molar-refractivity contribution >= 4 is 56.2 Å². The molecule has 11 heteroatoms. The lowest BCUT2D eigenvalue weighted by atomic mass is 9.78. The number of ether oxygens (including phenoxy) is 1. The molecule has 2 aromatic carbocycles. The molecule has 7 nitrogen and oxygen atoms in total. The molecular weight excluding hydrogens is 535 g/mol. The predicted molar refractivity (Wildman–Crippen MR) is 138 cm³/mol. The molecule has 35 heavy (non-hydrogen) atoms. The summed E-state index contributed by atoms with van der Waals surface area (Å²) in [6, 6.07) is 11.0. The van der Waals surface area contributed by atoms with Gasteiger partial charge in [0, 0.05) is 31.0 Å². The number of benzene rings is 2. The number of anilines is 1. The highest BCUT2D eigenvalue weighted by Crippen LogP contribution is 2.41. The van der Waals surface area contributed by atoms with Gasteiger partial charge in [-0.3, -0.25) is 4.79 Å². The number of carbonyl (C=O) groups excluding carboxylic acids is 1. The molecule has 0 fully saturated rings. The molecule has 1 aromatic heterocycles. The van der Waals surface area contributed by atoms with Crippen LogP contribution in [0.15, 0.2) is 52.2 Å². The van der Waals surface area contributed by atoms with Crippen LogP contribution in [0, 0.1) is 0 Å². The van der Waals surface area contributed by atoms with Gasteiger partial charge in [0.2, 0.25) is 5.91 Å². The van der Waals surface area contributed by atoms with E-state index in [0.29, 0.717) is 28.0 Å². The van der Waals surface area contributed by atoms with Crippen LogP contribution in [-0.2, 0) is 26.7 Å². The van der Waals surface area contributed by atoms with Crippen LogP contribution in [0.5, 0.6) is 5.75 Å². The Hall–Kier alpha value is -2.26. The summed E-state index contributed by atoms with van der Waals surface area (Å²) in [5, 5.41) is 0.575. The molecule has 0 bridgehead atoms. The number of hydrogen-bond donors (Lipinski definition) is 0. The lowest BCUT2D eigenvalue weighted by molar-refractivity contribution is -0.116. The standard InChI is InChI=1S/C24H25Cl3N2O5S/c1-15(30)29(10-9-25)22-19(26)11-17(12-20(22)27)24(2,3)16-5-7-18(8-6-16)33-13-21-23(28-14-34-21)35(4,31)32/h5-8,11-12,14H,9-10,13H2,1-4H3. The zero-order valence-corrected chi connectivity index (χ0v) is 22.7. The summed E-state index contributed by atoms with van der Waals surface area (Å²) in [5.41, 5.74) is 1.78. The van der Waals surface area contributed by atoms with Crippen molar-refractivity contribution in [2.45, 2.75) is 37.8 Å². The van der Waals surface area contributed by atoms with Gasteiger partial charge in [-0.25, -0.2) is 13.4 Å². The highest BCUT2D eigenvalue weighted by atomic mass is 35.5. The smallest absolute Gasteiger partial charge is 0.223 e. The third kappa shape index (κ3) is 6.12. The highest BCUT2D eigenvalue weighted by Gasteiger charge is 2.27. The molecule has 3 aromatic rings. The molecule has 0 saturated heterocycles. The number of hydrogen-bond acceptors (Lipinski definition) is 6. The molecule has 188 valence electrons. The summed E-state index contributed by atoms with van der Waals surface area (Å²) in [7, 11) is -3.51. The van der Waals surface area contributed by atoms with E-state index >= 15 is 0 Å². The van der Waals surface area contributed by atoms with Crippen molar-refractivity contribution in [3.05, 3.63) is 69.7 Å². The van der Waals surface area contributed by atoms with Gasteiger partial charge in [0.25, 0.3) is 0 Å². The van der Waals surface area contributed by atoms with Crippen molar-refractivity contribution in [3.63, 3.8) is 0 Å². The molecule has 0 spiro atoms. The molecule has 0 aliphatic heterocycles. The number of nitrogens with zero attached hydrogens (tertiary/aromatic N) is 2. The normalized spacial score (nSPS) is 12.0. The molecular formula is C24H25Cl3N2O5S. The van der Waals surface area contributed by atoms with Gasteiger partial charge in [0.15, 0.2) is 27.0 Å². The molecule has 0 saturated carbocycles. The first-order chi connectivity index (χ1) is 16.4. The van der Waals surface area contributed by atoms with E-state index in [9.17, 15) is 13.2 Å². The Kier molecular flexibility index (Phi) is 8.42. The van der Waals surface area contributed by atoms with E-state index < -0.39 is 15.3 Å². The molecule has 0 aliphatic carbocycles.